The van der Waals surface area contributed by atoms with Gasteiger partial charge in [0.1, 0.15) is 6.10 Å². The highest BCUT2D eigenvalue weighted by molar-refractivity contribution is 6.23. The van der Waals surface area contributed by atoms with Crippen molar-refractivity contribution in [1.82, 2.24) is 5.23 Å². The maximum atomic E-state index is 11.8. The van der Waals surface area contributed by atoms with Crippen LogP contribution in [0.4, 0.5) is 5.69 Å². The van der Waals surface area contributed by atoms with Gasteiger partial charge in [0.15, 0.2) is 0 Å². The summed E-state index contributed by atoms with van der Waals surface area (Å²) in [6.45, 7) is 0. The molecule has 1 N–H and O–H groups in total. The molecule has 0 amide bonds. The van der Waals surface area contributed by atoms with Crippen molar-refractivity contribution in [3.8, 4) is 0 Å². The predicted octanol–water partition coefficient (Wildman–Crippen LogP) is 1.05. The molecular weight excluding hydrogens is 263 g/mol. The van der Waals surface area contributed by atoms with E-state index >= 15 is 0 Å². The number of ether oxygens (including phenoxy) is 1. The molecule has 0 atom stereocenters. The zero-order valence-electron chi connectivity index (χ0n) is 10.9. The topological polar surface area (TPSA) is 90.7 Å². The van der Waals surface area contributed by atoms with E-state index in [1.165, 1.54) is 31.9 Å². The van der Waals surface area contributed by atoms with Gasteiger partial charge in [-0.05, 0) is 25.0 Å². The third-order valence-corrected chi connectivity index (χ3v) is 3.10. The Balaban J connectivity index is 1.80. The summed E-state index contributed by atoms with van der Waals surface area (Å²) < 4.78 is 10.0. The zero-order valence-corrected chi connectivity index (χ0v) is 10.9. The van der Waals surface area contributed by atoms with Crippen molar-refractivity contribution in [1.29, 1.82) is 0 Å². The number of nitro benzene ring substituents is 1. The molecule has 1 aliphatic rings. The summed E-state index contributed by atoms with van der Waals surface area (Å²) in [7, 11) is 3.05. The molecule has 105 valence electrons. The fourth-order valence-electron chi connectivity index (χ4n) is 1.90. The van der Waals surface area contributed by atoms with Crippen LogP contribution < -0.4 is 5.23 Å². The number of nitro groups is 1. The molecule has 0 aromatic heterocycles. The van der Waals surface area contributed by atoms with Crippen molar-refractivity contribution in [3.05, 3.63) is 39.9 Å². The van der Waals surface area contributed by atoms with Crippen LogP contribution in [0, 0.1) is 10.1 Å². The molecule has 7 nitrogen and oxygen atoms in total. The lowest BCUT2D eigenvalue weighted by Crippen LogP contribution is -2.47. The molecule has 1 saturated carbocycles. The summed E-state index contributed by atoms with van der Waals surface area (Å²) >= 11 is 0. The van der Waals surface area contributed by atoms with Crippen LogP contribution in [0.25, 0.3) is 0 Å². The SMILES string of the molecule is CO[B]NC1CC(OC(=O)c2ccc([N+](=O)[O-])cc2)C1. The van der Waals surface area contributed by atoms with Crippen LogP contribution >= 0.6 is 0 Å². The van der Waals surface area contributed by atoms with Crippen molar-refractivity contribution in [2.24, 2.45) is 0 Å². The Bertz CT molecular complexity index is 487. The molecule has 1 radical (unpaired) electrons. The van der Waals surface area contributed by atoms with Gasteiger partial charge < -0.3 is 14.6 Å². The largest absolute Gasteiger partial charge is 0.459 e. The highest BCUT2D eigenvalue weighted by Crippen LogP contribution is 2.24. The molecule has 0 unspecified atom stereocenters. The molecule has 1 aliphatic carbocycles. The van der Waals surface area contributed by atoms with Crippen molar-refractivity contribution < 1.29 is 19.1 Å². The maximum Gasteiger partial charge on any atom is 0.395 e. The lowest BCUT2D eigenvalue weighted by atomic mass is 9.87. The van der Waals surface area contributed by atoms with Crippen molar-refractivity contribution in [2.75, 3.05) is 7.11 Å². The Morgan fingerprint density at radius 2 is 2.05 bits per heavy atom. The first-order valence-electron chi connectivity index (χ1n) is 6.16. The standard InChI is InChI=1S/C12H14BN2O5/c1-19-13-14-9-6-11(7-9)20-12(16)8-2-4-10(5-3-8)15(17)18/h2-5,9,11,14H,6-7H2,1H3. The van der Waals surface area contributed by atoms with Crippen LogP contribution in [-0.4, -0.2) is 37.8 Å². The van der Waals surface area contributed by atoms with Crippen LogP contribution in [0.3, 0.4) is 0 Å². The number of hydrogen-bond acceptors (Lipinski definition) is 6. The molecule has 1 aromatic rings. The van der Waals surface area contributed by atoms with Crippen molar-refractivity contribution in [3.63, 3.8) is 0 Å². The minimum Gasteiger partial charge on any atom is -0.459 e. The Morgan fingerprint density at radius 3 is 2.60 bits per heavy atom. The van der Waals surface area contributed by atoms with Gasteiger partial charge in [-0.25, -0.2) is 4.79 Å². The molecule has 1 aromatic carbocycles. The average Bonchev–Trinajstić information content (AvgIpc) is 2.41. The zero-order chi connectivity index (χ0) is 14.5. The molecule has 0 aliphatic heterocycles. The van der Waals surface area contributed by atoms with Crippen LogP contribution in [0.15, 0.2) is 24.3 Å². The first-order chi connectivity index (χ1) is 9.60. The first-order valence-corrected chi connectivity index (χ1v) is 6.16. The molecule has 0 heterocycles. The molecule has 0 saturated heterocycles. The second-order valence-electron chi connectivity index (χ2n) is 4.52. The minimum absolute atomic E-state index is 0.0513. The van der Waals surface area contributed by atoms with E-state index in [0.29, 0.717) is 5.56 Å². The maximum absolute atomic E-state index is 11.8. The summed E-state index contributed by atoms with van der Waals surface area (Å²) in [6, 6.07) is 5.62. The molecule has 8 heteroatoms. The van der Waals surface area contributed by atoms with E-state index in [1.807, 2.05) is 0 Å². The third kappa shape index (κ3) is 3.55. The molecule has 0 bridgehead atoms. The van der Waals surface area contributed by atoms with Crippen molar-refractivity contribution >= 4 is 19.3 Å². The van der Waals surface area contributed by atoms with Crippen LogP contribution in [0.2, 0.25) is 0 Å². The summed E-state index contributed by atoms with van der Waals surface area (Å²) in [4.78, 5) is 21.8. The minimum atomic E-state index is -0.510. The van der Waals surface area contributed by atoms with Gasteiger partial charge in [-0.15, -0.1) is 0 Å². The van der Waals surface area contributed by atoms with Crippen LogP contribution in [0.5, 0.6) is 0 Å². The molecular formula is C12H14BN2O5. The second-order valence-corrected chi connectivity index (χ2v) is 4.52. The monoisotopic (exact) mass is 277 g/mol. The highest BCUT2D eigenvalue weighted by atomic mass is 16.6. The number of nitrogens with zero attached hydrogens (tertiary/aromatic N) is 1. The van der Waals surface area contributed by atoms with Crippen LogP contribution in [-0.2, 0) is 9.39 Å². The number of esters is 1. The number of nitrogens with one attached hydrogen (secondary N) is 1. The number of rotatable bonds is 6. The molecule has 0 spiro atoms. The van der Waals surface area contributed by atoms with Gasteiger partial charge in [0.25, 0.3) is 5.69 Å². The second kappa shape index (κ2) is 6.49. The van der Waals surface area contributed by atoms with E-state index in [2.05, 4.69) is 5.23 Å². The number of benzene rings is 1. The van der Waals surface area contributed by atoms with E-state index in [1.54, 1.807) is 7.11 Å². The number of carbonyl (C=O) groups is 1. The fraction of sp³-hybridized carbons (Fsp3) is 0.417. The number of carbonyl (C=O) groups excluding carboxylic acids is 1. The van der Waals surface area contributed by atoms with E-state index < -0.39 is 10.9 Å². The summed E-state index contributed by atoms with van der Waals surface area (Å²) in [5.41, 5.74) is 0.264. The van der Waals surface area contributed by atoms with Crippen molar-refractivity contribution in [2.45, 2.75) is 25.0 Å². The summed E-state index contributed by atoms with van der Waals surface area (Å²) in [5, 5.41) is 13.5. The van der Waals surface area contributed by atoms with Gasteiger partial charge in [0.05, 0.1) is 10.5 Å². The van der Waals surface area contributed by atoms with E-state index in [-0.39, 0.29) is 17.8 Å². The smallest absolute Gasteiger partial charge is 0.395 e. The Morgan fingerprint density at radius 1 is 1.40 bits per heavy atom. The van der Waals surface area contributed by atoms with Gasteiger partial charge >= 0.3 is 13.6 Å². The lowest BCUT2D eigenvalue weighted by Gasteiger charge is -2.35. The molecule has 2 rings (SSSR count). The van der Waals surface area contributed by atoms with E-state index in [4.69, 9.17) is 9.39 Å². The normalized spacial score (nSPS) is 20.9. The predicted molar refractivity (Wildman–Crippen MR) is 71.2 cm³/mol. The van der Waals surface area contributed by atoms with Gasteiger partial charge in [-0.1, -0.05) is 0 Å². The summed E-state index contributed by atoms with van der Waals surface area (Å²) in [6.07, 6.45) is 1.32. The Labute approximate surface area is 116 Å². The van der Waals surface area contributed by atoms with Gasteiger partial charge in [-0.2, -0.15) is 0 Å². The van der Waals surface area contributed by atoms with Crippen LogP contribution in [0.1, 0.15) is 23.2 Å². The van der Waals surface area contributed by atoms with Gasteiger partial charge in [-0.3, -0.25) is 10.1 Å². The average molecular weight is 277 g/mol. The Kier molecular flexibility index (Phi) is 4.70. The first kappa shape index (κ1) is 14.5. The highest BCUT2D eigenvalue weighted by Gasteiger charge is 2.32. The summed E-state index contributed by atoms with van der Waals surface area (Å²) in [5.74, 6) is -0.459. The quantitative estimate of drug-likeness (QED) is 0.362. The third-order valence-electron chi connectivity index (χ3n) is 3.10. The van der Waals surface area contributed by atoms with E-state index in [0.717, 1.165) is 12.8 Å². The van der Waals surface area contributed by atoms with E-state index in [9.17, 15) is 14.9 Å². The van der Waals surface area contributed by atoms with Gasteiger partial charge in [0.2, 0.25) is 0 Å². The number of non-ortho nitro benzene ring substituents is 1. The molecule has 20 heavy (non-hydrogen) atoms. The Hall–Kier alpha value is -1.93. The van der Waals surface area contributed by atoms with Gasteiger partial charge in [0, 0.05) is 25.3 Å². The molecule has 1 fully saturated rings. The lowest BCUT2D eigenvalue weighted by molar-refractivity contribution is -0.384. The fourth-order valence-corrected chi connectivity index (χ4v) is 1.90. The number of hydrogen-bond donors (Lipinski definition) is 1.